The standard InChI is InChI=1S/C14H20N2O3/c1-4-9-15-14(17)11-5-7-12(8-6-11)16-10-13(18-2)19-3/h4-8,13,16H,1,9-10H2,2-3H3,(H,15,17). The third-order valence-electron chi connectivity index (χ3n) is 2.55. The Morgan fingerprint density at radius 2 is 1.95 bits per heavy atom. The number of nitrogens with one attached hydrogen (secondary N) is 2. The van der Waals surface area contributed by atoms with E-state index in [0.29, 0.717) is 18.7 Å². The number of carbonyl (C=O) groups excluding carboxylic acids is 1. The Morgan fingerprint density at radius 1 is 1.32 bits per heavy atom. The fourth-order valence-electron chi connectivity index (χ4n) is 1.47. The monoisotopic (exact) mass is 264 g/mol. The zero-order chi connectivity index (χ0) is 14.1. The lowest BCUT2D eigenvalue weighted by Gasteiger charge is -2.15. The number of ether oxygens (including phenoxy) is 2. The van der Waals surface area contributed by atoms with Crippen LogP contribution in [0.15, 0.2) is 36.9 Å². The van der Waals surface area contributed by atoms with Crippen LogP contribution in [-0.4, -0.2) is 39.5 Å². The van der Waals surface area contributed by atoms with E-state index in [0.717, 1.165) is 5.69 Å². The number of methoxy groups -OCH3 is 2. The summed E-state index contributed by atoms with van der Waals surface area (Å²) in [4.78, 5) is 11.7. The molecule has 0 aliphatic heterocycles. The first-order valence-electron chi connectivity index (χ1n) is 6.00. The molecule has 1 aromatic rings. The van der Waals surface area contributed by atoms with Gasteiger partial charge in [0.2, 0.25) is 0 Å². The summed E-state index contributed by atoms with van der Waals surface area (Å²) >= 11 is 0. The van der Waals surface area contributed by atoms with Crippen LogP contribution >= 0.6 is 0 Å². The van der Waals surface area contributed by atoms with Gasteiger partial charge in [-0.25, -0.2) is 0 Å². The lowest BCUT2D eigenvalue weighted by molar-refractivity contribution is -0.0914. The van der Waals surface area contributed by atoms with Gasteiger partial charge in [0.05, 0.1) is 6.54 Å². The smallest absolute Gasteiger partial charge is 0.251 e. The van der Waals surface area contributed by atoms with Crippen molar-refractivity contribution in [2.75, 3.05) is 32.6 Å². The molecule has 0 spiro atoms. The van der Waals surface area contributed by atoms with E-state index in [-0.39, 0.29) is 12.2 Å². The summed E-state index contributed by atoms with van der Waals surface area (Å²) in [6.07, 6.45) is 1.35. The third kappa shape index (κ3) is 5.11. The number of hydrogen-bond acceptors (Lipinski definition) is 4. The van der Waals surface area contributed by atoms with Gasteiger partial charge in [-0.05, 0) is 24.3 Å². The first-order valence-corrected chi connectivity index (χ1v) is 6.00. The van der Waals surface area contributed by atoms with Crippen molar-refractivity contribution >= 4 is 11.6 Å². The average Bonchev–Trinajstić information content (AvgIpc) is 2.46. The molecule has 104 valence electrons. The quantitative estimate of drug-likeness (QED) is 0.553. The number of amides is 1. The molecule has 5 nitrogen and oxygen atoms in total. The first kappa shape index (κ1) is 15.2. The molecule has 0 bridgehead atoms. The Morgan fingerprint density at radius 3 is 2.47 bits per heavy atom. The molecule has 0 heterocycles. The van der Waals surface area contributed by atoms with Gasteiger partial charge in [0.25, 0.3) is 5.91 Å². The predicted molar refractivity (Wildman–Crippen MR) is 75.3 cm³/mol. The molecule has 0 unspecified atom stereocenters. The van der Waals surface area contributed by atoms with E-state index in [2.05, 4.69) is 17.2 Å². The maximum absolute atomic E-state index is 11.7. The zero-order valence-electron chi connectivity index (χ0n) is 11.3. The summed E-state index contributed by atoms with van der Waals surface area (Å²) in [5.74, 6) is -0.113. The topological polar surface area (TPSA) is 59.6 Å². The molecule has 0 aromatic heterocycles. The number of rotatable bonds is 8. The molecule has 2 N–H and O–H groups in total. The number of benzene rings is 1. The highest BCUT2D eigenvalue weighted by Gasteiger charge is 2.06. The van der Waals surface area contributed by atoms with Crippen molar-refractivity contribution in [3.8, 4) is 0 Å². The van der Waals surface area contributed by atoms with Crippen molar-refractivity contribution in [3.05, 3.63) is 42.5 Å². The molecule has 5 heteroatoms. The molecule has 19 heavy (non-hydrogen) atoms. The number of carbonyl (C=O) groups is 1. The Balaban J connectivity index is 2.51. The average molecular weight is 264 g/mol. The van der Waals surface area contributed by atoms with Crippen LogP contribution in [0.4, 0.5) is 5.69 Å². The second-order valence-electron chi connectivity index (χ2n) is 3.86. The van der Waals surface area contributed by atoms with Crippen LogP contribution in [0, 0.1) is 0 Å². The third-order valence-corrected chi connectivity index (χ3v) is 2.55. The molecule has 0 aliphatic carbocycles. The molecule has 1 amide bonds. The maximum atomic E-state index is 11.7. The predicted octanol–water partition coefficient (Wildman–Crippen LogP) is 1.63. The van der Waals surface area contributed by atoms with Crippen LogP contribution in [0.1, 0.15) is 10.4 Å². The lowest BCUT2D eigenvalue weighted by atomic mass is 10.2. The molecule has 0 saturated carbocycles. The van der Waals surface area contributed by atoms with Crippen molar-refractivity contribution in [1.29, 1.82) is 0 Å². The van der Waals surface area contributed by atoms with Gasteiger partial charge < -0.3 is 20.1 Å². The summed E-state index contributed by atoms with van der Waals surface area (Å²) in [5, 5.41) is 5.88. The van der Waals surface area contributed by atoms with Crippen LogP contribution in [-0.2, 0) is 9.47 Å². The second-order valence-corrected chi connectivity index (χ2v) is 3.86. The summed E-state index contributed by atoms with van der Waals surface area (Å²) < 4.78 is 10.1. The van der Waals surface area contributed by atoms with Crippen molar-refractivity contribution in [2.24, 2.45) is 0 Å². The Kier molecular flexibility index (Phi) is 6.63. The summed E-state index contributed by atoms with van der Waals surface area (Å²) in [6, 6.07) is 7.20. The number of anilines is 1. The SMILES string of the molecule is C=CCNC(=O)c1ccc(NCC(OC)OC)cc1. The van der Waals surface area contributed by atoms with Gasteiger partial charge in [0.15, 0.2) is 6.29 Å². The van der Waals surface area contributed by atoms with E-state index >= 15 is 0 Å². The Hall–Kier alpha value is -1.85. The van der Waals surface area contributed by atoms with Gasteiger partial charge in [-0.3, -0.25) is 4.79 Å². The van der Waals surface area contributed by atoms with E-state index < -0.39 is 0 Å². The van der Waals surface area contributed by atoms with Crippen LogP contribution in [0.25, 0.3) is 0 Å². The normalized spacial score (nSPS) is 10.3. The van der Waals surface area contributed by atoms with Gasteiger partial charge in [0, 0.05) is 32.0 Å². The molecule has 0 atom stereocenters. The van der Waals surface area contributed by atoms with Crippen molar-refractivity contribution in [2.45, 2.75) is 6.29 Å². The van der Waals surface area contributed by atoms with Gasteiger partial charge in [-0.2, -0.15) is 0 Å². The second kappa shape index (κ2) is 8.29. The molecule has 0 saturated heterocycles. The van der Waals surface area contributed by atoms with Gasteiger partial charge >= 0.3 is 0 Å². The van der Waals surface area contributed by atoms with Crippen molar-refractivity contribution in [1.82, 2.24) is 5.32 Å². The van der Waals surface area contributed by atoms with E-state index in [1.54, 1.807) is 32.4 Å². The van der Waals surface area contributed by atoms with Crippen LogP contribution in [0.2, 0.25) is 0 Å². The van der Waals surface area contributed by atoms with E-state index in [1.807, 2.05) is 12.1 Å². The highest BCUT2D eigenvalue weighted by atomic mass is 16.7. The molecular formula is C14H20N2O3. The van der Waals surface area contributed by atoms with Crippen molar-refractivity contribution < 1.29 is 14.3 Å². The zero-order valence-corrected chi connectivity index (χ0v) is 11.3. The van der Waals surface area contributed by atoms with Gasteiger partial charge in [-0.15, -0.1) is 6.58 Å². The summed E-state index contributed by atoms with van der Waals surface area (Å²) in [5.41, 5.74) is 1.52. The van der Waals surface area contributed by atoms with Crippen LogP contribution in [0.5, 0.6) is 0 Å². The molecule has 0 aliphatic rings. The minimum Gasteiger partial charge on any atom is -0.380 e. The van der Waals surface area contributed by atoms with E-state index in [9.17, 15) is 4.79 Å². The largest absolute Gasteiger partial charge is 0.380 e. The molecule has 1 aromatic carbocycles. The Bertz CT molecular complexity index is 400. The molecule has 0 fully saturated rings. The fourth-order valence-corrected chi connectivity index (χ4v) is 1.47. The highest BCUT2D eigenvalue weighted by Crippen LogP contribution is 2.10. The van der Waals surface area contributed by atoms with Crippen molar-refractivity contribution in [3.63, 3.8) is 0 Å². The first-order chi connectivity index (χ1) is 9.21. The fraction of sp³-hybridized carbons (Fsp3) is 0.357. The van der Waals surface area contributed by atoms with E-state index in [1.165, 1.54) is 0 Å². The molecule has 0 radical (unpaired) electrons. The van der Waals surface area contributed by atoms with E-state index in [4.69, 9.17) is 9.47 Å². The molecule has 1 rings (SSSR count). The minimum atomic E-state index is -0.296. The highest BCUT2D eigenvalue weighted by molar-refractivity contribution is 5.94. The van der Waals surface area contributed by atoms with Crippen LogP contribution < -0.4 is 10.6 Å². The number of hydrogen-bond donors (Lipinski definition) is 2. The van der Waals surface area contributed by atoms with Gasteiger partial charge in [-0.1, -0.05) is 6.08 Å². The maximum Gasteiger partial charge on any atom is 0.251 e. The van der Waals surface area contributed by atoms with Crippen LogP contribution in [0.3, 0.4) is 0 Å². The molecular weight excluding hydrogens is 244 g/mol. The summed E-state index contributed by atoms with van der Waals surface area (Å²) in [6.45, 7) is 4.55. The Labute approximate surface area is 113 Å². The lowest BCUT2D eigenvalue weighted by Crippen LogP contribution is -2.24. The minimum absolute atomic E-state index is 0.113. The summed E-state index contributed by atoms with van der Waals surface area (Å²) in [7, 11) is 3.17. The van der Waals surface area contributed by atoms with Gasteiger partial charge in [0.1, 0.15) is 0 Å².